The van der Waals surface area contributed by atoms with E-state index in [1.54, 1.807) is 11.3 Å². The van der Waals surface area contributed by atoms with Gasteiger partial charge in [-0.15, -0.1) is 11.3 Å². The predicted molar refractivity (Wildman–Crippen MR) is 56.0 cm³/mol. The zero-order valence-corrected chi connectivity index (χ0v) is 9.24. The maximum atomic E-state index is 4.43. The van der Waals surface area contributed by atoms with Gasteiger partial charge in [0.25, 0.3) is 0 Å². The number of fused-ring (bicyclic) bond motifs is 1. The Morgan fingerprint density at radius 3 is 3.08 bits per heavy atom. The number of thiazole rings is 1. The Morgan fingerprint density at radius 1 is 1.62 bits per heavy atom. The van der Waals surface area contributed by atoms with Gasteiger partial charge in [-0.3, -0.25) is 0 Å². The van der Waals surface area contributed by atoms with Gasteiger partial charge in [0.2, 0.25) is 0 Å². The molecule has 3 heteroatoms. The van der Waals surface area contributed by atoms with E-state index < -0.39 is 0 Å². The monoisotopic (exact) mass is 196 g/mol. The van der Waals surface area contributed by atoms with Crippen molar-refractivity contribution in [3.8, 4) is 0 Å². The van der Waals surface area contributed by atoms with Crippen LogP contribution in [0, 0.1) is 5.41 Å². The number of hydrogen-bond donors (Lipinski definition) is 1. The summed E-state index contributed by atoms with van der Waals surface area (Å²) in [4.78, 5) is 5.88. The van der Waals surface area contributed by atoms with E-state index in [1.165, 1.54) is 17.0 Å². The lowest BCUT2D eigenvalue weighted by Gasteiger charge is -2.34. The molecule has 1 heterocycles. The van der Waals surface area contributed by atoms with Crippen molar-refractivity contribution >= 4 is 11.3 Å². The zero-order valence-electron chi connectivity index (χ0n) is 8.42. The van der Waals surface area contributed by atoms with Gasteiger partial charge in [-0.05, 0) is 25.3 Å². The first kappa shape index (κ1) is 9.16. The van der Waals surface area contributed by atoms with Gasteiger partial charge >= 0.3 is 0 Å². The summed E-state index contributed by atoms with van der Waals surface area (Å²) >= 11 is 1.79. The van der Waals surface area contributed by atoms with Gasteiger partial charge in [-0.25, -0.2) is 4.98 Å². The summed E-state index contributed by atoms with van der Waals surface area (Å²) in [6, 6.07) is 0.520. The van der Waals surface area contributed by atoms with Crippen molar-refractivity contribution < 1.29 is 0 Å². The molecule has 0 fully saturated rings. The Hall–Kier alpha value is -0.410. The highest BCUT2D eigenvalue weighted by Crippen LogP contribution is 2.41. The van der Waals surface area contributed by atoms with Crippen LogP contribution < -0.4 is 5.32 Å². The van der Waals surface area contributed by atoms with E-state index in [0.29, 0.717) is 11.5 Å². The minimum absolute atomic E-state index is 0.398. The van der Waals surface area contributed by atoms with Gasteiger partial charge in [0.05, 0.1) is 11.2 Å². The van der Waals surface area contributed by atoms with Crippen LogP contribution in [0.1, 0.15) is 36.9 Å². The minimum Gasteiger partial charge on any atom is -0.312 e. The molecule has 0 spiro atoms. The SMILES string of the molecule is CNC1CC(C)(C)Cc2ncsc21. The van der Waals surface area contributed by atoms with Crippen molar-refractivity contribution in [2.75, 3.05) is 7.05 Å². The summed E-state index contributed by atoms with van der Waals surface area (Å²) in [5.74, 6) is 0. The summed E-state index contributed by atoms with van der Waals surface area (Å²) in [5.41, 5.74) is 3.67. The number of nitrogens with zero attached hydrogens (tertiary/aromatic N) is 1. The summed E-state index contributed by atoms with van der Waals surface area (Å²) in [5, 5.41) is 3.37. The zero-order chi connectivity index (χ0) is 9.47. The molecule has 1 atom stereocenters. The van der Waals surface area contributed by atoms with Gasteiger partial charge in [-0.1, -0.05) is 13.8 Å². The fourth-order valence-corrected chi connectivity index (χ4v) is 3.02. The van der Waals surface area contributed by atoms with Crippen molar-refractivity contribution in [1.82, 2.24) is 10.3 Å². The van der Waals surface area contributed by atoms with Crippen LogP contribution in [0.3, 0.4) is 0 Å². The highest BCUT2D eigenvalue weighted by Gasteiger charge is 2.32. The summed E-state index contributed by atoms with van der Waals surface area (Å²) in [6.45, 7) is 4.64. The van der Waals surface area contributed by atoms with E-state index in [1.807, 2.05) is 12.6 Å². The van der Waals surface area contributed by atoms with Crippen LogP contribution >= 0.6 is 11.3 Å². The fourth-order valence-electron chi connectivity index (χ4n) is 2.10. The fraction of sp³-hybridized carbons (Fsp3) is 0.700. The van der Waals surface area contributed by atoms with Crippen LogP contribution in [0.2, 0.25) is 0 Å². The molecule has 1 aliphatic rings. The van der Waals surface area contributed by atoms with Gasteiger partial charge in [0.1, 0.15) is 0 Å². The molecule has 1 aromatic heterocycles. The third-order valence-corrected chi connectivity index (χ3v) is 3.73. The Morgan fingerprint density at radius 2 is 2.38 bits per heavy atom. The molecule has 0 bridgehead atoms. The molecule has 0 aromatic carbocycles. The van der Waals surface area contributed by atoms with E-state index in [2.05, 4.69) is 24.1 Å². The molecule has 0 amide bonds. The second kappa shape index (κ2) is 3.07. The topological polar surface area (TPSA) is 24.9 Å². The van der Waals surface area contributed by atoms with E-state index in [-0.39, 0.29) is 0 Å². The molecule has 2 rings (SSSR count). The third-order valence-electron chi connectivity index (χ3n) is 2.74. The van der Waals surface area contributed by atoms with Gasteiger partial charge < -0.3 is 5.32 Å². The van der Waals surface area contributed by atoms with Gasteiger partial charge in [0.15, 0.2) is 0 Å². The largest absolute Gasteiger partial charge is 0.312 e. The standard InChI is InChI=1S/C10H16N2S/c1-10(2)4-7(11-3)9-8(5-10)12-6-13-9/h6-7,11H,4-5H2,1-3H3. The molecule has 0 saturated carbocycles. The van der Waals surface area contributed by atoms with Gasteiger partial charge in [0, 0.05) is 10.9 Å². The lowest BCUT2D eigenvalue weighted by atomic mass is 9.76. The summed E-state index contributed by atoms with van der Waals surface area (Å²) in [7, 11) is 2.04. The van der Waals surface area contributed by atoms with E-state index in [9.17, 15) is 0 Å². The van der Waals surface area contributed by atoms with Crippen LogP contribution in [0.5, 0.6) is 0 Å². The molecule has 72 valence electrons. The second-order valence-electron chi connectivity index (χ2n) is 4.55. The van der Waals surface area contributed by atoms with Crippen LogP contribution in [0.25, 0.3) is 0 Å². The molecular formula is C10H16N2S. The minimum atomic E-state index is 0.398. The average molecular weight is 196 g/mol. The first-order valence-electron chi connectivity index (χ1n) is 4.72. The molecule has 0 radical (unpaired) electrons. The Balaban J connectivity index is 2.36. The van der Waals surface area contributed by atoms with Crippen molar-refractivity contribution in [2.45, 2.75) is 32.7 Å². The van der Waals surface area contributed by atoms with Crippen LogP contribution in [0.4, 0.5) is 0 Å². The maximum Gasteiger partial charge on any atom is 0.0798 e. The van der Waals surface area contributed by atoms with Crippen molar-refractivity contribution in [1.29, 1.82) is 0 Å². The molecule has 1 aliphatic carbocycles. The van der Waals surface area contributed by atoms with E-state index >= 15 is 0 Å². The van der Waals surface area contributed by atoms with Crippen molar-refractivity contribution in [3.63, 3.8) is 0 Å². The highest BCUT2D eigenvalue weighted by atomic mass is 32.1. The van der Waals surface area contributed by atoms with Crippen molar-refractivity contribution in [2.24, 2.45) is 5.41 Å². The Kier molecular flexibility index (Phi) is 2.16. The maximum absolute atomic E-state index is 4.43. The highest BCUT2D eigenvalue weighted by molar-refractivity contribution is 7.09. The van der Waals surface area contributed by atoms with Crippen LogP contribution in [0.15, 0.2) is 5.51 Å². The smallest absolute Gasteiger partial charge is 0.0798 e. The number of hydrogen-bond acceptors (Lipinski definition) is 3. The third kappa shape index (κ3) is 1.63. The lowest BCUT2D eigenvalue weighted by molar-refractivity contribution is 0.265. The lowest BCUT2D eigenvalue weighted by Crippen LogP contribution is -2.30. The Bertz CT molecular complexity index is 304. The quantitative estimate of drug-likeness (QED) is 0.746. The number of rotatable bonds is 1. The first-order valence-corrected chi connectivity index (χ1v) is 5.60. The molecule has 1 unspecified atom stereocenters. The summed E-state index contributed by atoms with van der Waals surface area (Å²) in [6.07, 6.45) is 2.35. The normalized spacial score (nSPS) is 25.6. The van der Waals surface area contributed by atoms with E-state index in [0.717, 1.165) is 6.42 Å². The Labute approximate surface area is 83.4 Å². The molecule has 1 aromatic rings. The molecule has 0 saturated heterocycles. The number of nitrogens with one attached hydrogen (secondary N) is 1. The molecular weight excluding hydrogens is 180 g/mol. The van der Waals surface area contributed by atoms with Gasteiger partial charge in [-0.2, -0.15) is 0 Å². The average Bonchev–Trinajstić information content (AvgIpc) is 2.48. The molecule has 0 aliphatic heterocycles. The second-order valence-corrected chi connectivity index (χ2v) is 5.44. The molecule has 13 heavy (non-hydrogen) atoms. The summed E-state index contributed by atoms with van der Waals surface area (Å²) < 4.78 is 0. The molecule has 1 N–H and O–H groups in total. The van der Waals surface area contributed by atoms with Crippen LogP contribution in [-0.2, 0) is 6.42 Å². The molecule has 2 nitrogen and oxygen atoms in total. The first-order chi connectivity index (χ1) is 6.12. The van der Waals surface area contributed by atoms with Crippen molar-refractivity contribution in [3.05, 3.63) is 16.1 Å². The van der Waals surface area contributed by atoms with E-state index in [4.69, 9.17) is 0 Å². The van der Waals surface area contributed by atoms with Crippen LogP contribution in [-0.4, -0.2) is 12.0 Å². The number of aromatic nitrogens is 1. The predicted octanol–water partition coefficient (Wildman–Crippen LogP) is 2.38.